The summed E-state index contributed by atoms with van der Waals surface area (Å²) in [7, 11) is 0. The molecule has 0 radical (unpaired) electrons. The largest absolute Gasteiger partial charge is 0.329 e. The van der Waals surface area contributed by atoms with Crippen LogP contribution in [-0.4, -0.2) is 55.6 Å². The van der Waals surface area contributed by atoms with Gasteiger partial charge in [0.05, 0.1) is 0 Å². The summed E-state index contributed by atoms with van der Waals surface area (Å²) in [5.74, 6) is 0.745. The molecule has 0 spiro atoms. The Labute approximate surface area is 94.6 Å². The molecule has 1 aliphatic rings. The third kappa shape index (κ3) is 5.50. The van der Waals surface area contributed by atoms with Crippen LogP contribution in [0.1, 0.15) is 26.7 Å². The highest BCUT2D eigenvalue weighted by atomic mass is 15.2. The summed E-state index contributed by atoms with van der Waals surface area (Å²) >= 11 is 0. The highest BCUT2D eigenvalue weighted by molar-refractivity contribution is 4.69. The lowest BCUT2D eigenvalue weighted by Gasteiger charge is -2.26. The van der Waals surface area contributed by atoms with E-state index >= 15 is 0 Å². The Morgan fingerprint density at radius 1 is 1.20 bits per heavy atom. The fraction of sp³-hybridized carbons (Fsp3) is 1.00. The van der Waals surface area contributed by atoms with Crippen molar-refractivity contribution in [2.75, 3.05) is 45.8 Å². The maximum atomic E-state index is 5.63. The van der Waals surface area contributed by atoms with Crippen molar-refractivity contribution >= 4 is 0 Å². The number of nitrogens with zero attached hydrogens (tertiary/aromatic N) is 2. The van der Waals surface area contributed by atoms with E-state index in [-0.39, 0.29) is 0 Å². The molecule has 0 atom stereocenters. The van der Waals surface area contributed by atoms with Crippen LogP contribution in [-0.2, 0) is 0 Å². The molecule has 1 fully saturated rings. The van der Waals surface area contributed by atoms with E-state index in [4.69, 9.17) is 5.73 Å². The van der Waals surface area contributed by atoms with Gasteiger partial charge in [0.2, 0.25) is 0 Å². The summed E-state index contributed by atoms with van der Waals surface area (Å²) in [5.41, 5.74) is 5.63. The van der Waals surface area contributed by atoms with Crippen molar-refractivity contribution in [1.82, 2.24) is 9.80 Å². The van der Waals surface area contributed by atoms with Gasteiger partial charge in [0.25, 0.3) is 0 Å². The summed E-state index contributed by atoms with van der Waals surface area (Å²) in [6, 6.07) is 0. The fourth-order valence-electron chi connectivity index (χ4n) is 2.28. The number of hydrogen-bond donors (Lipinski definition) is 1. The van der Waals surface area contributed by atoms with Gasteiger partial charge in [-0.25, -0.2) is 0 Å². The number of hydrogen-bond acceptors (Lipinski definition) is 3. The second kappa shape index (κ2) is 7.20. The van der Waals surface area contributed by atoms with Gasteiger partial charge in [-0.05, 0) is 31.8 Å². The van der Waals surface area contributed by atoms with Crippen LogP contribution in [0.3, 0.4) is 0 Å². The molecule has 0 aromatic rings. The Kier molecular flexibility index (Phi) is 6.22. The van der Waals surface area contributed by atoms with E-state index in [2.05, 4.69) is 23.6 Å². The van der Waals surface area contributed by atoms with Crippen LogP contribution in [0, 0.1) is 5.92 Å². The molecular weight excluding hydrogens is 186 g/mol. The summed E-state index contributed by atoms with van der Waals surface area (Å²) in [5, 5.41) is 0. The highest BCUT2D eigenvalue weighted by Crippen LogP contribution is 2.07. The van der Waals surface area contributed by atoms with Gasteiger partial charge in [-0.2, -0.15) is 0 Å². The van der Waals surface area contributed by atoms with Crippen LogP contribution >= 0.6 is 0 Å². The molecule has 1 saturated heterocycles. The summed E-state index contributed by atoms with van der Waals surface area (Å²) in [6.07, 6.45) is 2.78. The molecule has 3 nitrogen and oxygen atoms in total. The Morgan fingerprint density at radius 2 is 1.87 bits per heavy atom. The maximum Gasteiger partial charge on any atom is 0.0110 e. The van der Waals surface area contributed by atoms with Gasteiger partial charge in [-0.3, -0.25) is 0 Å². The molecule has 1 rings (SSSR count). The van der Waals surface area contributed by atoms with Crippen molar-refractivity contribution in [1.29, 1.82) is 0 Å². The van der Waals surface area contributed by atoms with Crippen molar-refractivity contribution in [3.63, 3.8) is 0 Å². The zero-order valence-corrected chi connectivity index (χ0v) is 10.4. The Hall–Kier alpha value is -0.120. The van der Waals surface area contributed by atoms with Gasteiger partial charge in [0.1, 0.15) is 0 Å². The van der Waals surface area contributed by atoms with Gasteiger partial charge >= 0.3 is 0 Å². The van der Waals surface area contributed by atoms with E-state index in [1.165, 1.54) is 45.6 Å². The molecule has 0 unspecified atom stereocenters. The van der Waals surface area contributed by atoms with Crippen LogP contribution in [0.4, 0.5) is 0 Å². The normalized spacial score (nSPS) is 18.2. The predicted octanol–water partition coefficient (Wildman–Crippen LogP) is 0.999. The van der Waals surface area contributed by atoms with Crippen molar-refractivity contribution in [3.05, 3.63) is 0 Å². The average molecular weight is 213 g/mol. The first-order valence-electron chi connectivity index (χ1n) is 6.37. The quantitative estimate of drug-likeness (QED) is 0.685. The van der Waals surface area contributed by atoms with E-state index in [1.807, 2.05) is 0 Å². The lowest BCUT2D eigenvalue weighted by molar-refractivity contribution is 0.211. The number of nitrogens with two attached hydrogens (primary N) is 1. The zero-order chi connectivity index (χ0) is 11.1. The topological polar surface area (TPSA) is 32.5 Å². The van der Waals surface area contributed by atoms with E-state index in [0.717, 1.165) is 19.0 Å². The third-order valence-corrected chi connectivity index (χ3v) is 3.00. The molecule has 0 amide bonds. The molecule has 0 aromatic heterocycles. The zero-order valence-electron chi connectivity index (χ0n) is 10.4. The van der Waals surface area contributed by atoms with Gasteiger partial charge in [0, 0.05) is 32.7 Å². The predicted molar refractivity (Wildman–Crippen MR) is 66.0 cm³/mol. The number of rotatable bonds is 7. The Morgan fingerprint density at radius 3 is 2.40 bits per heavy atom. The van der Waals surface area contributed by atoms with Crippen molar-refractivity contribution < 1.29 is 0 Å². The van der Waals surface area contributed by atoms with Crippen molar-refractivity contribution in [2.45, 2.75) is 26.7 Å². The van der Waals surface area contributed by atoms with Crippen molar-refractivity contribution in [2.24, 2.45) is 11.7 Å². The molecule has 0 saturated carbocycles. The molecule has 1 heterocycles. The maximum absolute atomic E-state index is 5.63. The summed E-state index contributed by atoms with van der Waals surface area (Å²) in [6.45, 7) is 12.6. The lowest BCUT2D eigenvalue weighted by Crippen LogP contribution is -2.38. The molecule has 90 valence electrons. The molecule has 3 heteroatoms. The first-order chi connectivity index (χ1) is 7.22. The Bertz CT molecular complexity index is 153. The fourth-order valence-corrected chi connectivity index (χ4v) is 2.28. The van der Waals surface area contributed by atoms with E-state index in [0.29, 0.717) is 0 Å². The van der Waals surface area contributed by atoms with Crippen LogP contribution < -0.4 is 5.73 Å². The average Bonchev–Trinajstić information content (AvgIpc) is 2.66. The number of likely N-dealkylation sites (tertiary alicyclic amines) is 1. The van der Waals surface area contributed by atoms with Crippen LogP contribution in [0.5, 0.6) is 0 Å². The minimum absolute atomic E-state index is 0.745. The van der Waals surface area contributed by atoms with Gasteiger partial charge in [-0.1, -0.05) is 13.8 Å². The lowest BCUT2D eigenvalue weighted by atomic mass is 10.2. The molecular formula is C12H27N3. The molecule has 0 bridgehead atoms. The van der Waals surface area contributed by atoms with E-state index in [9.17, 15) is 0 Å². The standard InChI is InChI=1S/C12H27N3/c1-12(2)11-15(8-5-13)10-9-14-6-3-4-7-14/h12H,3-11,13H2,1-2H3. The van der Waals surface area contributed by atoms with Crippen LogP contribution in [0.25, 0.3) is 0 Å². The minimum atomic E-state index is 0.745. The monoisotopic (exact) mass is 213 g/mol. The molecule has 0 aromatic carbocycles. The molecule has 0 aliphatic carbocycles. The Balaban J connectivity index is 2.17. The van der Waals surface area contributed by atoms with Crippen molar-refractivity contribution in [3.8, 4) is 0 Å². The molecule has 2 N–H and O–H groups in total. The third-order valence-electron chi connectivity index (χ3n) is 3.00. The SMILES string of the molecule is CC(C)CN(CCN)CCN1CCCC1. The van der Waals surface area contributed by atoms with Gasteiger partial charge in [0.15, 0.2) is 0 Å². The first-order valence-corrected chi connectivity index (χ1v) is 6.37. The summed E-state index contributed by atoms with van der Waals surface area (Å²) in [4.78, 5) is 5.08. The highest BCUT2D eigenvalue weighted by Gasteiger charge is 2.13. The van der Waals surface area contributed by atoms with Crippen LogP contribution in [0.15, 0.2) is 0 Å². The second-order valence-corrected chi connectivity index (χ2v) is 5.03. The smallest absolute Gasteiger partial charge is 0.0110 e. The molecule has 15 heavy (non-hydrogen) atoms. The molecule has 1 aliphatic heterocycles. The second-order valence-electron chi connectivity index (χ2n) is 5.03. The van der Waals surface area contributed by atoms with Gasteiger partial charge < -0.3 is 15.5 Å². The van der Waals surface area contributed by atoms with E-state index in [1.54, 1.807) is 0 Å². The summed E-state index contributed by atoms with van der Waals surface area (Å²) < 4.78 is 0. The van der Waals surface area contributed by atoms with Gasteiger partial charge in [-0.15, -0.1) is 0 Å². The van der Waals surface area contributed by atoms with E-state index < -0.39 is 0 Å². The first kappa shape index (κ1) is 12.9. The van der Waals surface area contributed by atoms with Crippen LogP contribution in [0.2, 0.25) is 0 Å². The minimum Gasteiger partial charge on any atom is -0.329 e.